The summed E-state index contributed by atoms with van der Waals surface area (Å²) in [6, 6.07) is 9.59. The molecule has 4 rings (SSSR count). The van der Waals surface area contributed by atoms with E-state index in [-0.39, 0.29) is 22.4 Å². The molecule has 0 saturated heterocycles. The monoisotopic (exact) mass is 380 g/mol. The van der Waals surface area contributed by atoms with Crippen LogP contribution in [-0.4, -0.2) is 22.0 Å². The summed E-state index contributed by atoms with van der Waals surface area (Å²) in [4.78, 5) is 26.9. The van der Waals surface area contributed by atoms with Crippen LogP contribution in [0.3, 0.4) is 0 Å². The number of nitrogens with one attached hydrogen (secondary N) is 2. The number of carboxylic acid groups (broad SMARTS) is 1. The van der Waals surface area contributed by atoms with Gasteiger partial charge < -0.3 is 15.4 Å². The highest BCUT2D eigenvalue weighted by Crippen LogP contribution is 2.40. The molecular formula is C21H14F2N2O3. The Balaban J connectivity index is 1.94. The van der Waals surface area contributed by atoms with Crippen molar-refractivity contribution in [2.45, 2.75) is 6.92 Å². The summed E-state index contributed by atoms with van der Waals surface area (Å²) in [5, 5.41) is 12.1. The van der Waals surface area contributed by atoms with Gasteiger partial charge in [-0.1, -0.05) is 12.1 Å². The third-order valence-electron chi connectivity index (χ3n) is 4.50. The average molecular weight is 380 g/mol. The third-order valence-corrected chi connectivity index (χ3v) is 4.50. The highest BCUT2D eigenvalue weighted by molar-refractivity contribution is 6.36. The summed E-state index contributed by atoms with van der Waals surface area (Å²) in [5.41, 5.74) is 2.81. The third kappa shape index (κ3) is 2.96. The van der Waals surface area contributed by atoms with Crippen molar-refractivity contribution in [3.05, 3.63) is 76.6 Å². The van der Waals surface area contributed by atoms with Crippen LogP contribution in [-0.2, 0) is 4.79 Å². The standard InChI is InChI=1S/C21H14F2N2O3/c1-10-5-15(21(27)28)18(24-10)9-16-19-14(3-2-4-17(19)25-20(16)26)11-6-12(22)8-13(23)7-11/h2-9,24H,1H3,(H,25,26)(H,27,28)/b16-9-. The first-order chi connectivity index (χ1) is 13.3. The minimum atomic E-state index is -1.13. The highest BCUT2D eigenvalue weighted by atomic mass is 19.1. The van der Waals surface area contributed by atoms with Crippen LogP contribution in [0.4, 0.5) is 14.5 Å². The normalized spacial score (nSPS) is 14.2. The van der Waals surface area contributed by atoms with Gasteiger partial charge in [0, 0.05) is 23.0 Å². The van der Waals surface area contributed by atoms with E-state index in [1.165, 1.54) is 24.3 Å². The zero-order chi connectivity index (χ0) is 20.0. The van der Waals surface area contributed by atoms with Gasteiger partial charge in [-0.15, -0.1) is 0 Å². The summed E-state index contributed by atoms with van der Waals surface area (Å²) in [6.07, 6.45) is 1.44. The number of H-pyrrole nitrogens is 1. The van der Waals surface area contributed by atoms with Crippen LogP contribution in [0.25, 0.3) is 22.8 Å². The molecule has 0 atom stereocenters. The smallest absolute Gasteiger partial charge is 0.337 e. The second-order valence-corrected chi connectivity index (χ2v) is 6.48. The minimum Gasteiger partial charge on any atom is -0.478 e. The number of carboxylic acids is 1. The zero-order valence-corrected chi connectivity index (χ0v) is 14.6. The number of aryl methyl sites for hydroxylation is 1. The molecule has 2 heterocycles. The maximum absolute atomic E-state index is 13.7. The molecule has 1 aliphatic heterocycles. The second-order valence-electron chi connectivity index (χ2n) is 6.48. The number of rotatable bonds is 3. The summed E-state index contributed by atoms with van der Waals surface area (Å²) < 4.78 is 27.4. The van der Waals surface area contributed by atoms with Gasteiger partial charge in [-0.05, 0) is 48.4 Å². The first kappa shape index (κ1) is 17.7. The van der Waals surface area contributed by atoms with Gasteiger partial charge in [0.25, 0.3) is 5.91 Å². The molecule has 5 nitrogen and oxygen atoms in total. The van der Waals surface area contributed by atoms with Crippen molar-refractivity contribution in [3.8, 4) is 11.1 Å². The van der Waals surface area contributed by atoms with Crippen molar-refractivity contribution in [1.29, 1.82) is 0 Å². The number of aromatic amines is 1. The van der Waals surface area contributed by atoms with Crippen LogP contribution in [0.1, 0.15) is 27.3 Å². The Kier molecular flexibility index (Phi) is 4.07. The first-order valence-corrected chi connectivity index (χ1v) is 8.39. The van der Waals surface area contributed by atoms with E-state index in [1.54, 1.807) is 25.1 Å². The molecule has 0 aliphatic carbocycles. The van der Waals surface area contributed by atoms with Crippen LogP contribution in [0, 0.1) is 18.6 Å². The molecule has 2 aromatic carbocycles. The number of anilines is 1. The van der Waals surface area contributed by atoms with Crippen molar-refractivity contribution in [1.82, 2.24) is 4.98 Å². The van der Waals surface area contributed by atoms with Crippen LogP contribution < -0.4 is 5.32 Å². The predicted octanol–water partition coefficient (Wildman–Crippen LogP) is 4.46. The molecule has 0 radical (unpaired) electrons. The number of aromatic carboxylic acids is 1. The molecule has 0 bridgehead atoms. The maximum Gasteiger partial charge on any atom is 0.337 e. The SMILES string of the molecule is Cc1cc(C(=O)O)c(/C=C2\C(=O)Nc3cccc(-c4cc(F)cc(F)c4)c32)[nH]1. The number of carbonyl (C=O) groups is 2. The number of hydrogen-bond acceptors (Lipinski definition) is 2. The number of hydrogen-bond donors (Lipinski definition) is 3. The van der Waals surface area contributed by atoms with Crippen molar-refractivity contribution >= 4 is 29.2 Å². The predicted molar refractivity (Wildman–Crippen MR) is 101 cm³/mol. The average Bonchev–Trinajstić information content (AvgIpc) is 3.14. The van der Waals surface area contributed by atoms with Gasteiger partial charge in [-0.2, -0.15) is 0 Å². The molecule has 0 fully saturated rings. The van der Waals surface area contributed by atoms with Gasteiger partial charge in [-0.3, -0.25) is 4.79 Å². The van der Waals surface area contributed by atoms with Gasteiger partial charge in [0.05, 0.1) is 16.8 Å². The molecule has 3 aromatic rings. The van der Waals surface area contributed by atoms with E-state index < -0.39 is 23.5 Å². The Hall–Kier alpha value is -3.74. The van der Waals surface area contributed by atoms with E-state index in [0.717, 1.165) is 6.07 Å². The van der Waals surface area contributed by atoms with E-state index in [4.69, 9.17) is 0 Å². The Morgan fingerprint density at radius 3 is 2.50 bits per heavy atom. The number of benzene rings is 2. The molecule has 0 spiro atoms. The number of fused-ring (bicyclic) bond motifs is 1. The number of carbonyl (C=O) groups excluding carboxylic acids is 1. The van der Waals surface area contributed by atoms with E-state index in [9.17, 15) is 23.5 Å². The topological polar surface area (TPSA) is 82.2 Å². The fourth-order valence-electron chi connectivity index (χ4n) is 3.38. The zero-order valence-electron chi connectivity index (χ0n) is 14.6. The van der Waals surface area contributed by atoms with Gasteiger partial charge in [0.15, 0.2) is 0 Å². The lowest BCUT2D eigenvalue weighted by Crippen LogP contribution is -2.04. The van der Waals surface area contributed by atoms with E-state index in [1.807, 2.05) is 0 Å². The van der Waals surface area contributed by atoms with E-state index in [0.29, 0.717) is 22.5 Å². The lowest BCUT2D eigenvalue weighted by Gasteiger charge is -2.09. The van der Waals surface area contributed by atoms with Gasteiger partial charge >= 0.3 is 5.97 Å². The molecular weight excluding hydrogens is 366 g/mol. The Bertz CT molecular complexity index is 1160. The van der Waals surface area contributed by atoms with Crippen molar-refractivity contribution in [2.24, 2.45) is 0 Å². The summed E-state index contributed by atoms with van der Waals surface area (Å²) in [6.45, 7) is 1.71. The quantitative estimate of drug-likeness (QED) is 0.587. The summed E-state index contributed by atoms with van der Waals surface area (Å²) in [5.74, 6) is -3.02. The molecule has 1 aromatic heterocycles. The number of aromatic nitrogens is 1. The van der Waals surface area contributed by atoms with Crippen LogP contribution >= 0.6 is 0 Å². The molecule has 1 aliphatic rings. The van der Waals surface area contributed by atoms with Crippen LogP contribution in [0.15, 0.2) is 42.5 Å². The minimum absolute atomic E-state index is 0.0283. The molecule has 1 amide bonds. The molecule has 0 unspecified atom stereocenters. The first-order valence-electron chi connectivity index (χ1n) is 8.39. The summed E-state index contributed by atoms with van der Waals surface area (Å²) >= 11 is 0. The molecule has 140 valence electrons. The van der Waals surface area contributed by atoms with Crippen molar-refractivity contribution in [2.75, 3.05) is 5.32 Å². The van der Waals surface area contributed by atoms with Gasteiger partial charge in [0.2, 0.25) is 0 Å². The lowest BCUT2D eigenvalue weighted by molar-refractivity contribution is -0.110. The molecule has 28 heavy (non-hydrogen) atoms. The van der Waals surface area contributed by atoms with Gasteiger partial charge in [0.1, 0.15) is 11.6 Å². The molecule has 7 heteroatoms. The van der Waals surface area contributed by atoms with Crippen LogP contribution in [0.5, 0.6) is 0 Å². The fraction of sp³-hybridized carbons (Fsp3) is 0.0476. The fourth-order valence-corrected chi connectivity index (χ4v) is 3.38. The maximum atomic E-state index is 13.7. The Morgan fingerprint density at radius 2 is 1.82 bits per heavy atom. The second kappa shape index (κ2) is 6.45. The van der Waals surface area contributed by atoms with Crippen molar-refractivity contribution < 1.29 is 23.5 Å². The van der Waals surface area contributed by atoms with E-state index in [2.05, 4.69) is 10.3 Å². The Labute approximate surface area is 158 Å². The Morgan fingerprint density at radius 1 is 1.11 bits per heavy atom. The van der Waals surface area contributed by atoms with Crippen LogP contribution in [0.2, 0.25) is 0 Å². The molecule has 3 N–H and O–H groups in total. The summed E-state index contributed by atoms with van der Waals surface area (Å²) in [7, 11) is 0. The van der Waals surface area contributed by atoms with E-state index >= 15 is 0 Å². The number of halogens is 2. The van der Waals surface area contributed by atoms with Crippen molar-refractivity contribution in [3.63, 3.8) is 0 Å². The lowest BCUT2D eigenvalue weighted by atomic mass is 9.94. The number of amides is 1. The van der Waals surface area contributed by atoms with Gasteiger partial charge in [-0.25, -0.2) is 13.6 Å². The largest absolute Gasteiger partial charge is 0.478 e. The highest BCUT2D eigenvalue weighted by Gasteiger charge is 2.28. The molecule has 0 saturated carbocycles.